The van der Waals surface area contributed by atoms with Gasteiger partial charge < -0.3 is 20.4 Å². The standard InChI is InChI=1S/C21H25N5O2/c1-28-13-12-22-14-16-4-2-3-5-18(16)17-6-7-19(26-15-17)21(27)25-9-8-20-23-10-11-24-20/h2-7,10-11,15,22H,8-9,12-14H2,1H3,(H,23,24)(H,25,27). The minimum absolute atomic E-state index is 0.187. The van der Waals surface area contributed by atoms with E-state index < -0.39 is 0 Å². The Labute approximate surface area is 164 Å². The summed E-state index contributed by atoms with van der Waals surface area (Å²) in [5.74, 6) is 0.659. The van der Waals surface area contributed by atoms with E-state index in [1.54, 1.807) is 31.8 Å². The Balaban J connectivity index is 1.60. The van der Waals surface area contributed by atoms with Crippen molar-refractivity contribution >= 4 is 5.91 Å². The molecule has 0 atom stereocenters. The van der Waals surface area contributed by atoms with Crippen molar-refractivity contribution in [3.63, 3.8) is 0 Å². The number of methoxy groups -OCH3 is 1. The van der Waals surface area contributed by atoms with E-state index in [1.807, 2.05) is 18.2 Å². The monoisotopic (exact) mass is 379 g/mol. The summed E-state index contributed by atoms with van der Waals surface area (Å²) >= 11 is 0. The lowest BCUT2D eigenvalue weighted by Crippen LogP contribution is -2.26. The molecule has 28 heavy (non-hydrogen) atoms. The highest BCUT2D eigenvalue weighted by Crippen LogP contribution is 2.23. The highest BCUT2D eigenvalue weighted by molar-refractivity contribution is 5.92. The predicted molar refractivity (Wildman–Crippen MR) is 108 cm³/mol. The summed E-state index contributed by atoms with van der Waals surface area (Å²) in [6.07, 6.45) is 5.86. The molecule has 0 unspecified atom stereocenters. The van der Waals surface area contributed by atoms with Gasteiger partial charge in [-0.3, -0.25) is 9.78 Å². The van der Waals surface area contributed by atoms with E-state index in [4.69, 9.17) is 4.74 Å². The number of rotatable bonds is 10. The number of imidazole rings is 1. The van der Waals surface area contributed by atoms with Crippen LogP contribution in [-0.2, 0) is 17.7 Å². The first-order valence-corrected chi connectivity index (χ1v) is 9.28. The fourth-order valence-electron chi connectivity index (χ4n) is 2.86. The second kappa shape index (κ2) is 10.3. The topological polar surface area (TPSA) is 91.9 Å². The highest BCUT2D eigenvalue weighted by atomic mass is 16.5. The zero-order valence-corrected chi connectivity index (χ0v) is 15.9. The smallest absolute Gasteiger partial charge is 0.269 e. The molecule has 7 nitrogen and oxygen atoms in total. The lowest BCUT2D eigenvalue weighted by molar-refractivity contribution is 0.0949. The minimum atomic E-state index is -0.187. The van der Waals surface area contributed by atoms with Gasteiger partial charge in [0.1, 0.15) is 11.5 Å². The normalized spacial score (nSPS) is 10.8. The third kappa shape index (κ3) is 5.48. The molecule has 0 aliphatic rings. The van der Waals surface area contributed by atoms with E-state index in [1.165, 1.54) is 5.56 Å². The number of aromatic nitrogens is 3. The third-order valence-corrected chi connectivity index (χ3v) is 4.33. The summed E-state index contributed by atoms with van der Waals surface area (Å²) in [6.45, 7) is 2.72. The van der Waals surface area contributed by atoms with Crippen LogP contribution in [0.4, 0.5) is 0 Å². The van der Waals surface area contributed by atoms with Gasteiger partial charge in [0.25, 0.3) is 5.91 Å². The molecule has 1 amide bonds. The summed E-state index contributed by atoms with van der Waals surface area (Å²) < 4.78 is 5.06. The summed E-state index contributed by atoms with van der Waals surface area (Å²) in [4.78, 5) is 23.8. The number of nitrogens with one attached hydrogen (secondary N) is 3. The number of pyridine rings is 1. The van der Waals surface area contributed by atoms with Gasteiger partial charge in [0.2, 0.25) is 0 Å². The van der Waals surface area contributed by atoms with E-state index in [-0.39, 0.29) is 5.91 Å². The number of amides is 1. The van der Waals surface area contributed by atoms with Gasteiger partial charge in [-0.2, -0.15) is 0 Å². The molecule has 2 aromatic heterocycles. The van der Waals surface area contributed by atoms with Crippen molar-refractivity contribution in [1.29, 1.82) is 0 Å². The average molecular weight is 379 g/mol. The molecule has 0 aliphatic carbocycles. The van der Waals surface area contributed by atoms with Gasteiger partial charge in [-0.25, -0.2) is 4.98 Å². The summed E-state index contributed by atoms with van der Waals surface area (Å²) in [5.41, 5.74) is 3.66. The fraction of sp³-hybridized carbons (Fsp3) is 0.286. The number of carbonyl (C=O) groups is 1. The number of H-pyrrole nitrogens is 1. The molecule has 0 saturated carbocycles. The Bertz CT molecular complexity index is 863. The Kier molecular flexibility index (Phi) is 7.29. The lowest BCUT2D eigenvalue weighted by Gasteiger charge is -2.11. The maximum atomic E-state index is 12.3. The third-order valence-electron chi connectivity index (χ3n) is 4.33. The molecule has 0 aliphatic heterocycles. The molecule has 2 heterocycles. The second-order valence-corrected chi connectivity index (χ2v) is 6.30. The number of aromatic amines is 1. The largest absolute Gasteiger partial charge is 0.383 e. The SMILES string of the molecule is COCCNCc1ccccc1-c1ccc(C(=O)NCCc2ncc[nH]2)nc1. The molecule has 3 N–H and O–H groups in total. The first kappa shape index (κ1) is 19.7. The average Bonchev–Trinajstić information content (AvgIpc) is 3.25. The molecule has 0 bridgehead atoms. The van der Waals surface area contributed by atoms with Crippen LogP contribution in [0.5, 0.6) is 0 Å². The van der Waals surface area contributed by atoms with Crippen LogP contribution in [-0.4, -0.2) is 47.7 Å². The molecule has 7 heteroatoms. The Morgan fingerprint density at radius 3 is 2.79 bits per heavy atom. The van der Waals surface area contributed by atoms with Gasteiger partial charge in [0.05, 0.1) is 6.61 Å². The summed E-state index contributed by atoms with van der Waals surface area (Å²) in [5, 5.41) is 6.22. The number of ether oxygens (including phenoxy) is 1. The first-order chi connectivity index (χ1) is 13.8. The van der Waals surface area contributed by atoms with Gasteiger partial charge in [0.15, 0.2) is 0 Å². The molecular weight excluding hydrogens is 354 g/mol. The molecule has 1 aromatic carbocycles. The van der Waals surface area contributed by atoms with E-state index in [0.717, 1.165) is 30.0 Å². The van der Waals surface area contributed by atoms with Crippen LogP contribution in [0.25, 0.3) is 11.1 Å². The van der Waals surface area contributed by atoms with Crippen molar-refractivity contribution in [3.05, 3.63) is 72.1 Å². The van der Waals surface area contributed by atoms with Crippen LogP contribution in [0.3, 0.4) is 0 Å². The second-order valence-electron chi connectivity index (χ2n) is 6.30. The van der Waals surface area contributed by atoms with Crippen LogP contribution >= 0.6 is 0 Å². The maximum Gasteiger partial charge on any atom is 0.269 e. The van der Waals surface area contributed by atoms with Gasteiger partial charge >= 0.3 is 0 Å². The lowest BCUT2D eigenvalue weighted by atomic mass is 10.0. The van der Waals surface area contributed by atoms with Crippen LogP contribution < -0.4 is 10.6 Å². The number of hydrogen-bond acceptors (Lipinski definition) is 5. The van der Waals surface area contributed by atoms with Gasteiger partial charge in [-0.15, -0.1) is 0 Å². The van der Waals surface area contributed by atoms with Crippen molar-refractivity contribution in [3.8, 4) is 11.1 Å². The Morgan fingerprint density at radius 1 is 1.14 bits per heavy atom. The van der Waals surface area contributed by atoms with E-state index >= 15 is 0 Å². The number of nitrogens with zero attached hydrogens (tertiary/aromatic N) is 2. The van der Waals surface area contributed by atoms with Crippen molar-refractivity contribution < 1.29 is 9.53 Å². The van der Waals surface area contributed by atoms with Crippen molar-refractivity contribution in [2.24, 2.45) is 0 Å². The minimum Gasteiger partial charge on any atom is -0.383 e. The molecular formula is C21H25N5O2. The number of carbonyl (C=O) groups excluding carboxylic acids is 1. The Hall–Kier alpha value is -3.03. The molecule has 0 spiro atoms. The number of benzene rings is 1. The van der Waals surface area contributed by atoms with Crippen LogP contribution in [0.15, 0.2) is 55.0 Å². The van der Waals surface area contributed by atoms with Crippen molar-refractivity contribution in [1.82, 2.24) is 25.6 Å². The molecule has 3 rings (SSSR count). The fourth-order valence-corrected chi connectivity index (χ4v) is 2.86. The maximum absolute atomic E-state index is 12.3. The van der Waals surface area contributed by atoms with E-state index in [2.05, 4.69) is 37.7 Å². The highest BCUT2D eigenvalue weighted by Gasteiger charge is 2.09. The number of hydrogen-bond donors (Lipinski definition) is 3. The van der Waals surface area contributed by atoms with Crippen LogP contribution in [0.1, 0.15) is 21.9 Å². The molecule has 0 radical (unpaired) electrons. The van der Waals surface area contributed by atoms with E-state index in [0.29, 0.717) is 25.3 Å². The summed E-state index contributed by atoms with van der Waals surface area (Å²) in [6, 6.07) is 11.9. The Morgan fingerprint density at radius 2 is 2.04 bits per heavy atom. The van der Waals surface area contributed by atoms with Crippen LogP contribution in [0, 0.1) is 0 Å². The molecule has 146 valence electrons. The molecule has 0 saturated heterocycles. The van der Waals surface area contributed by atoms with Crippen molar-refractivity contribution in [2.45, 2.75) is 13.0 Å². The molecule has 0 fully saturated rings. The van der Waals surface area contributed by atoms with Gasteiger partial charge in [-0.05, 0) is 17.2 Å². The summed E-state index contributed by atoms with van der Waals surface area (Å²) in [7, 11) is 1.69. The zero-order valence-electron chi connectivity index (χ0n) is 15.9. The van der Waals surface area contributed by atoms with Crippen molar-refractivity contribution in [2.75, 3.05) is 26.8 Å². The molecule has 3 aromatic rings. The van der Waals surface area contributed by atoms with Crippen LogP contribution in [0.2, 0.25) is 0 Å². The van der Waals surface area contributed by atoms with Gasteiger partial charge in [0, 0.05) is 57.3 Å². The zero-order chi connectivity index (χ0) is 19.6. The van der Waals surface area contributed by atoms with Gasteiger partial charge in [-0.1, -0.05) is 30.3 Å². The predicted octanol–water partition coefficient (Wildman–Crippen LogP) is 2.18. The first-order valence-electron chi connectivity index (χ1n) is 9.28. The quantitative estimate of drug-likeness (QED) is 0.470. The van der Waals surface area contributed by atoms with E-state index in [9.17, 15) is 4.79 Å².